The summed E-state index contributed by atoms with van der Waals surface area (Å²) in [6.45, 7) is 1.98. The van der Waals surface area contributed by atoms with Gasteiger partial charge in [-0.25, -0.2) is 0 Å². The second-order valence-electron chi connectivity index (χ2n) is 4.88. The maximum absolute atomic E-state index is 11.4. The largest absolute Gasteiger partial charge is 0.480 e. The summed E-state index contributed by atoms with van der Waals surface area (Å²) in [6.07, 6.45) is 0.480. The number of aliphatic carboxylic acids is 1. The molecule has 0 fully saturated rings. The molecule has 0 saturated carbocycles. The minimum absolute atomic E-state index is 0.000937. The first-order chi connectivity index (χ1) is 9.66. The van der Waals surface area contributed by atoms with Crippen LogP contribution in [0.25, 0.3) is 0 Å². The van der Waals surface area contributed by atoms with Crippen molar-refractivity contribution in [1.29, 1.82) is 0 Å². The first-order valence-electron chi connectivity index (χ1n) is 6.74. The third-order valence-corrected chi connectivity index (χ3v) is 3.33. The third kappa shape index (κ3) is 3.93. The lowest BCUT2D eigenvalue weighted by molar-refractivity contribution is -0.139. The zero-order valence-corrected chi connectivity index (χ0v) is 11.5. The van der Waals surface area contributed by atoms with Crippen molar-refractivity contribution in [2.24, 2.45) is 0 Å². The van der Waals surface area contributed by atoms with Gasteiger partial charge < -0.3 is 5.11 Å². The molecule has 2 aromatic carbocycles. The third-order valence-electron chi connectivity index (χ3n) is 3.33. The van der Waals surface area contributed by atoms with Gasteiger partial charge >= 0.3 is 5.97 Å². The van der Waals surface area contributed by atoms with Crippen molar-refractivity contribution in [3.63, 3.8) is 0 Å². The number of carbonyl (C=O) groups is 1. The zero-order chi connectivity index (χ0) is 14.4. The lowest BCUT2D eigenvalue weighted by Gasteiger charge is -2.20. The Labute approximate surface area is 119 Å². The molecule has 2 atom stereocenters. The van der Waals surface area contributed by atoms with Crippen molar-refractivity contribution in [2.45, 2.75) is 25.4 Å². The molecule has 0 aliphatic carbocycles. The van der Waals surface area contributed by atoms with E-state index in [-0.39, 0.29) is 6.04 Å². The molecule has 0 heterocycles. The molecule has 104 valence electrons. The summed E-state index contributed by atoms with van der Waals surface area (Å²) in [7, 11) is 0. The Hall–Kier alpha value is -2.13. The van der Waals surface area contributed by atoms with Crippen LogP contribution in [0.1, 0.15) is 24.1 Å². The Kier molecular flexibility index (Phi) is 4.91. The Morgan fingerprint density at radius 2 is 1.60 bits per heavy atom. The van der Waals surface area contributed by atoms with Crippen LogP contribution in [0.4, 0.5) is 0 Å². The Morgan fingerprint density at radius 3 is 2.15 bits per heavy atom. The molecule has 0 bridgehead atoms. The molecular formula is C17H19NO2. The van der Waals surface area contributed by atoms with Crippen LogP contribution >= 0.6 is 0 Å². The summed E-state index contributed by atoms with van der Waals surface area (Å²) < 4.78 is 0. The van der Waals surface area contributed by atoms with Crippen molar-refractivity contribution in [2.75, 3.05) is 0 Å². The predicted molar refractivity (Wildman–Crippen MR) is 79.6 cm³/mol. The number of nitrogens with one attached hydrogen (secondary N) is 1. The molecule has 2 aromatic rings. The Balaban J connectivity index is 2.05. The van der Waals surface area contributed by atoms with Gasteiger partial charge in [0, 0.05) is 6.04 Å². The van der Waals surface area contributed by atoms with Gasteiger partial charge in [-0.15, -0.1) is 0 Å². The number of carboxylic acid groups (broad SMARTS) is 1. The van der Waals surface area contributed by atoms with E-state index in [1.54, 1.807) is 0 Å². The molecule has 0 aliphatic rings. The summed E-state index contributed by atoms with van der Waals surface area (Å²) in [5.41, 5.74) is 2.11. The summed E-state index contributed by atoms with van der Waals surface area (Å²) >= 11 is 0. The molecule has 0 saturated heterocycles. The van der Waals surface area contributed by atoms with Gasteiger partial charge in [0.25, 0.3) is 0 Å². The molecule has 0 radical (unpaired) electrons. The summed E-state index contributed by atoms with van der Waals surface area (Å²) in [5, 5.41) is 12.5. The molecule has 0 aliphatic heterocycles. The second-order valence-corrected chi connectivity index (χ2v) is 4.88. The van der Waals surface area contributed by atoms with E-state index < -0.39 is 12.0 Å². The fraction of sp³-hybridized carbons (Fsp3) is 0.235. The van der Waals surface area contributed by atoms with Crippen molar-refractivity contribution >= 4 is 5.97 Å². The molecule has 0 unspecified atom stereocenters. The lowest BCUT2D eigenvalue weighted by Crippen LogP contribution is -2.40. The van der Waals surface area contributed by atoms with Crippen molar-refractivity contribution in [3.8, 4) is 0 Å². The molecular weight excluding hydrogens is 250 g/mol. The van der Waals surface area contributed by atoms with Gasteiger partial charge in [-0.3, -0.25) is 10.1 Å². The standard InChI is InChI=1S/C17H19NO2/c1-13(15-10-6-3-7-11-15)18-16(17(19)20)12-14-8-4-2-5-9-14/h2-11,13,16,18H,12H2,1H3,(H,19,20)/t13-,16-/m1/s1. The van der Waals surface area contributed by atoms with Gasteiger partial charge in [-0.2, -0.15) is 0 Å². The minimum atomic E-state index is -0.823. The first kappa shape index (κ1) is 14.3. The van der Waals surface area contributed by atoms with Crippen LogP contribution in [0.15, 0.2) is 60.7 Å². The van der Waals surface area contributed by atoms with Crippen LogP contribution in [-0.4, -0.2) is 17.1 Å². The normalized spacial score (nSPS) is 13.7. The topological polar surface area (TPSA) is 49.3 Å². The highest BCUT2D eigenvalue weighted by Crippen LogP contribution is 2.13. The number of benzene rings is 2. The van der Waals surface area contributed by atoms with E-state index in [2.05, 4.69) is 5.32 Å². The summed E-state index contributed by atoms with van der Waals surface area (Å²) in [6, 6.07) is 19.0. The van der Waals surface area contributed by atoms with Crippen molar-refractivity contribution in [1.82, 2.24) is 5.32 Å². The van der Waals surface area contributed by atoms with Gasteiger partial charge in [0.05, 0.1) is 0 Å². The van der Waals surface area contributed by atoms with E-state index in [4.69, 9.17) is 0 Å². The van der Waals surface area contributed by atoms with E-state index in [0.29, 0.717) is 6.42 Å². The number of rotatable bonds is 6. The maximum atomic E-state index is 11.4. The Bertz CT molecular complexity index is 539. The lowest BCUT2D eigenvalue weighted by atomic mass is 10.0. The van der Waals surface area contributed by atoms with Gasteiger partial charge in [-0.05, 0) is 24.5 Å². The SMILES string of the molecule is C[C@@H](N[C@H](Cc1ccccc1)C(=O)O)c1ccccc1. The number of hydrogen-bond acceptors (Lipinski definition) is 2. The molecule has 0 spiro atoms. The van der Waals surface area contributed by atoms with Gasteiger partial charge in [-0.1, -0.05) is 60.7 Å². The van der Waals surface area contributed by atoms with E-state index in [9.17, 15) is 9.90 Å². The van der Waals surface area contributed by atoms with E-state index in [1.807, 2.05) is 67.6 Å². The summed E-state index contributed by atoms with van der Waals surface area (Å²) in [5.74, 6) is -0.823. The molecule has 2 N–H and O–H groups in total. The number of carboxylic acids is 1. The first-order valence-corrected chi connectivity index (χ1v) is 6.74. The highest BCUT2D eigenvalue weighted by atomic mass is 16.4. The van der Waals surface area contributed by atoms with Gasteiger partial charge in [0.2, 0.25) is 0 Å². The average Bonchev–Trinajstić information content (AvgIpc) is 2.48. The van der Waals surface area contributed by atoms with Crippen LogP contribution < -0.4 is 5.32 Å². The monoisotopic (exact) mass is 269 g/mol. The summed E-state index contributed by atoms with van der Waals surface area (Å²) in [4.78, 5) is 11.4. The smallest absolute Gasteiger partial charge is 0.321 e. The molecule has 0 amide bonds. The Morgan fingerprint density at radius 1 is 1.05 bits per heavy atom. The number of hydrogen-bond donors (Lipinski definition) is 2. The van der Waals surface area contributed by atoms with Crippen LogP contribution in [0.2, 0.25) is 0 Å². The minimum Gasteiger partial charge on any atom is -0.480 e. The van der Waals surface area contributed by atoms with Crippen molar-refractivity contribution < 1.29 is 9.90 Å². The zero-order valence-electron chi connectivity index (χ0n) is 11.5. The van der Waals surface area contributed by atoms with Crippen LogP contribution in [0.5, 0.6) is 0 Å². The van der Waals surface area contributed by atoms with Gasteiger partial charge in [0.1, 0.15) is 6.04 Å². The average molecular weight is 269 g/mol. The molecule has 3 heteroatoms. The van der Waals surface area contributed by atoms with E-state index in [1.165, 1.54) is 0 Å². The quantitative estimate of drug-likeness (QED) is 0.847. The predicted octanol–water partition coefficient (Wildman–Crippen LogP) is 3.03. The van der Waals surface area contributed by atoms with E-state index >= 15 is 0 Å². The molecule has 2 rings (SSSR count). The highest BCUT2D eigenvalue weighted by Gasteiger charge is 2.20. The van der Waals surface area contributed by atoms with Crippen LogP contribution in [0, 0.1) is 0 Å². The molecule has 3 nitrogen and oxygen atoms in total. The van der Waals surface area contributed by atoms with Crippen LogP contribution in [0.3, 0.4) is 0 Å². The fourth-order valence-electron chi connectivity index (χ4n) is 2.21. The fourth-order valence-corrected chi connectivity index (χ4v) is 2.21. The second kappa shape index (κ2) is 6.87. The highest BCUT2D eigenvalue weighted by molar-refractivity contribution is 5.74. The van der Waals surface area contributed by atoms with E-state index in [0.717, 1.165) is 11.1 Å². The van der Waals surface area contributed by atoms with Gasteiger partial charge in [0.15, 0.2) is 0 Å². The maximum Gasteiger partial charge on any atom is 0.321 e. The molecule has 0 aromatic heterocycles. The molecule has 20 heavy (non-hydrogen) atoms. The van der Waals surface area contributed by atoms with Crippen molar-refractivity contribution in [3.05, 3.63) is 71.8 Å². The van der Waals surface area contributed by atoms with Crippen LogP contribution in [-0.2, 0) is 11.2 Å².